The summed E-state index contributed by atoms with van der Waals surface area (Å²) in [5.74, 6) is 0.583. The topological polar surface area (TPSA) is 49.8 Å². The molecule has 0 saturated heterocycles. The summed E-state index contributed by atoms with van der Waals surface area (Å²) in [7, 11) is 0. The number of benzene rings is 1. The number of nitrogens with zero attached hydrogens (tertiary/aromatic N) is 1. The Bertz CT molecular complexity index is 380. The molecule has 90 valence electrons. The van der Waals surface area contributed by atoms with Crippen molar-refractivity contribution in [3.05, 3.63) is 29.8 Å². The first-order chi connectivity index (χ1) is 8.31. The van der Waals surface area contributed by atoms with E-state index in [-0.39, 0.29) is 5.92 Å². The minimum absolute atomic E-state index is 0.0497. The van der Waals surface area contributed by atoms with Crippen LogP contribution in [0.3, 0.4) is 0 Å². The summed E-state index contributed by atoms with van der Waals surface area (Å²) in [5, 5.41) is 9.41. The highest BCUT2D eigenvalue weighted by molar-refractivity contribution is 5.41. The van der Waals surface area contributed by atoms with Crippen molar-refractivity contribution in [1.29, 1.82) is 5.26 Å². The van der Waals surface area contributed by atoms with Crippen LogP contribution in [0, 0.1) is 17.2 Å². The molecule has 1 saturated carbocycles. The van der Waals surface area contributed by atoms with E-state index in [4.69, 9.17) is 5.73 Å². The molecule has 1 aliphatic carbocycles. The molecule has 2 N–H and O–H groups in total. The van der Waals surface area contributed by atoms with E-state index in [9.17, 15) is 5.26 Å². The smallest absolute Gasteiger partial charge is 0.0740 e. The maximum atomic E-state index is 9.41. The Morgan fingerprint density at radius 3 is 2.18 bits per heavy atom. The first kappa shape index (κ1) is 12.0. The molecule has 0 aromatic heterocycles. The van der Waals surface area contributed by atoms with E-state index in [1.165, 1.54) is 38.5 Å². The minimum atomic E-state index is 0.0497. The van der Waals surface area contributed by atoms with E-state index in [1.54, 1.807) is 0 Å². The zero-order chi connectivity index (χ0) is 12.1. The third-order valence-corrected chi connectivity index (χ3v) is 3.81. The fourth-order valence-corrected chi connectivity index (χ4v) is 2.80. The van der Waals surface area contributed by atoms with Gasteiger partial charge in [0.1, 0.15) is 0 Å². The number of nitrogen functional groups attached to an aromatic ring is 1. The van der Waals surface area contributed by atoms with Crippen LogP contribution in [0.25, 0.3) is 0 Å². The van der Waals surface area contributed by atoms with Gasteiger partial charge in [-0.1, -0.05) is 37.8 Å². The summed E-state index contributed by atoms with van der Waals surface area (Å²) >= 11 is 0. The van der Waals surface area contributed by atoms with E-state index >= 15 is 0 Å². The molecule has 1 unspecified atom stereocenters. The Morgan fingerprint density at radius 2 is 1.65 bits per heavy atom. The van der Waals surface area contributed by atoms with Crippen molar-refractivity contribution in [2.45, 2.75) is 44.4 Å². The first-order valence-electron chi connectivity index (χ1n) is 6.56. The van der Waals surface area contributed by atoms with Crippen molar-refractivity contribution in [3.63, 3.8) is 0 Å². The van der Waals surface area contributed by atoms with Gasteiger partial charge in [0.15, 0.2) is 0 Å². The third kappa shape index (κ3) is 3.00. The Labute approximate surface area is 103 Å². The molecule has 0 spiro atoms. The normalized spacial score (nSPS) is 19.2. The summed E-state index contributed by atoms with van der Waals surface area (Å²) in [6.07, 6.45) is 7.60. The molecule has 0 aliphatic heterocycles. The summed E-state index contributed by atoms with van der Waals surface area (Å²) in [6.45, 7) is 0. The molecule has 0 radical (unpaired) electrons. The highest BCUT2D eigenvalue weighted by Gasteiger charge is 2.23. The predicted molar refractivity (Wildman–Crippen MR) is 70.4 cm³/mol. The predicted octanol–water partition coefficient (Wildman–Crippen LogP) is 3.85. The van der Waals surface area contributed by atoms with Crippen molar-refractivity contribution in [2.75, 3.05) is 5.73 Å². The van der Waals surface area contributed by atoms with Gasteiger partial charge in [-0.05, 0) is 36.5 Å². The van der Waals surface area contributed by atoms with Gasteiger partial charge in [0, 0.05) is 5.69 Å². The monoisotopic (exact) mass is 228 g/mol. The number of rotatable bonds is 2. The van der Waals surface area contributed by atoms with E-state index < -0.39 is 0 Å². The summed E-state index contributed by atoms with van der Waals surface area (Å²) in [4.78, 5) is 0. The van der Waals surface area contributed by atoms with E-state index in [2.05, 4.69) is 6.07 Å². The third-order valence-electron chi connectivity index (χ3n) is 3.81. The van der Waals surface area contributed by atoms with Crippen LogP contribution in [-0.4, -0.2) is 0 Å². The SMILES string of the molecule is N#CC(c1ccc(N)cc1)C1CCCCCC1. The second-order valence-corrected chi connectivity index (χ2v) is 5.03. The molecule has 17 heavy (non-hydrogen) atoms. The largest absolute Gasteiger partial charge is 0.399 e. The lowest BCUT2D eigenvalue weighted by molar-refractivity contribution is 0.425. The molecule has 1 aliphatic rings. The zero-order valence-corrected chi connectivity index (χ0v) is 10.2. The highest BCUT2D eigenvalue weighted by atomic mass is 14.5. The van der Waals surface area contributed by atoms with Crippen molar-refractivity contribution < 1.29 is 0 Å². The van der Waals surface area contributed by atoms with Crippen LogP contribution in [-0.2, 0) is 0 Å². The molecule has 0 bridgehead atoms. The summed E-state index contributed by atoms with van der Waals surface area (Å²) < 4.78 is 0. The van der Waals surface area contributed by atoms with Crippen LogP contribution >= 0.6 is 0 Å². The lowest BCUT2D eigenvalue weighted by Crippen LogP contribution is -2.11. The lowest BCUT2D eigenvalue weighted by Gasteiger charge is -2.20. The van der Waals surface area contributed by atoms with E-state index in [0.717, 1.165) is 11.3 Å². The molecular weight excluding hydrogens is 208 g/mol. The average molecular weight is 228 g/mol. The van der Waals surface area contributed by atoms with Crippen molar-refractivity contribution >= 4 is 5.69 Å². The Kier molecular flexibility index (Phi) is 4.03. The quantitative estimate of drug-likeness (QED) is 0.617. The second kappa shape index (κ2) is 5.72. The van der Waals surface area contributed by atoms with Gasteiger partial charge in [0.25, 0.3) is 0 Å². The molecule has 0 heterocycles. The minimum Gasteiger partial charge on any atom is -0.399 e. The van der Waals surface area contributed by atoms with Crippen LogP contribution in [0.15, 0.2) is 24.3 Å². The molecule has 1 aromatic carbocycles. The standard InChI is InChI=1S/C15H20N2/c16-11-15(12-5-3-1-2-4-6-12)13-7-9-14(17)10-8-13/h7-10,12,15H,1-6,17H2. The fourth-order valence-electron chi connectivity index (χ4n) is 2.80. The maximum Gasteiger partial charge on any atom is 0.0740 e. The number of hydrogen-bond acceptors (Lipinski definition) is 2. The number of nitrogens with two attached hydrogens (primary N) is 1. The molecule has 2 nitrogen and oxygen atoms in total. The molecule has 1 fully saturated rings. The van der Waals surface area contributed by atoms with Crippen molar-refractivity contribution in [1.82, 2.24) is 0 Å². The van der Waals surface area contributed by atoms with E-state index in [1.807, 2.05) is 24.3 Å². The lowest BCUT2D eigenvalue weighted by atomic mass is 9.82. The Hall–Kier alpha value is -1.49. The van der Waals surface area contributed by atoms with Crippen molar-refractivity contribution in [2.24, 2.45) is 5.92 Å². The van der Waals surface area contributed by atoms with Crippen LogP contribution in [0.2, 0.25) is 0 Å². The number of anilines is 1. The molecule has 2 heteroatoms. The van der Waals surface area contributed by atoms with Crippen molar-refractivity contribution in [3.8, 4) is 6.07 Å². The van der Waals surface area contributed by atoms with Gasteiger partial charge in [-0.2, -0.15) is 5.26 Å². The fraction of sp³-hybridized carbons (Fsp3) is 0.533. The van der Waals surface area contributed by atoms with Gasteiger partial charge in [-0.15, -0.1) is 0 Å². The van der Waals surface area contributed by atoms with Gasteiger partial charge in [-0.25, -0.2) is 0 Å². The number of hydrogen-bond donors (Lipinski definition) is 1. The van der Waals surface area contributed by atoms with E-state index in [0.29, 0.717) is 5.92 Å². The Balaban J connectivity index is 2.15. The van der Waals surface area contributed by atoms with Gasteiger partial charge in [0.05, 0.1) is 12.0 Å². The molecule has 1 aromatic rings. The highest BCUT2D eigenvalue weighted by Crippen LogP contribution is 2.34. The van der Waals surface area contributed by atoms with Gasteiger partial charge in [0.2, 0.25) is 0 Å². The average Bonchev–Trinajstić information content (AvgIpc) is 2.62. The number of nitriles is 1. The summed E-state index contributed by atoms with van der Waals surface area (Å²) in [6, 6.07) is 10.3. The van der Waals surface area contributed by atoms with Crippen LogP contribution < -0.4 is 5.73 Å². The molecule has 2 rings (SSSR count). The van der Waals surface area contributed by atoms with Gasteiger partial charge in [-0.3, -0.25) is 0 Å². The van der Waals surface area contributed by atoms with Crippen LogP contribution in [0.4, 0.5) is 5.69 Å². The maximum absolute atomic E-state index is 9.41. The van der Waals surface area contributed by atoms with Gasteiger partial charge >= 0.3 is 0 Å². The molecular formula is C15H20N2. The molecule has 0 amide bonds. The zero-order valence-electron chi connectivity index (χ0n) is 10.2. The Morgan fingerprint density at radius 1 is 1.06 bits per heavy atom. The second-order valence-electron chi connectivity index (χ2n) is 5.03. The molecule has 1 atom stereocenters. The first-order valence-corrected chi connectivity index (χ1v) is 6.56. The van der Waals surface area contributed by atoms with Crippen LogP contribution in [0.1, 0.15) is 50.0 Å². The summed E-state index contributed by atoms with van der Waals surface area (Å²) in [5.41, 5.74) is 7.59. The van der Waals surface area contributed by atoms with Gasteiger partial charge < -0.3 is 5.73 Å². The van der Waals surface area contributed by atoms with Crippen LogP contribution in [0.5, 0.6) is 0 Å².